The highest BCUT2D eigenvalue weighted by Crippen LogP contribution is 2.65. The second kappa shape index (κ2) is 26.9. The minimum atomic E-state index is -0.736. The number of hydrogen-bond acceptors (Lipinski definition) is 6. The average Bonchev–Trinajstić information content (AvgIpc) is 4.16. The minimum absolute atomic E-state index is 0.271. The molecular weight excluding hydrogens is 871 g/mol. The number of nitrogens with zero attached hydrogens (tertiary/aromatic N) is 4. The zero-order chi connectivity index (χ0) is 49.4. The topological polar surface area (TPSA) is 77.8 Å². The van der Waals surface area contributed by atoms with Gasteiger partial charge in [-0.2, -0.15) is 0 Å². The Hall–Kier alpha value is -3.68. The Morgan fingerprint density at radius 1 is 0.343 bits per heavy atom. The first kappa shape index (κ1) is 54.1. The molecule has 6 nitrogen and oxygen atoms in total. The summed E-state index contributed by atoms with van der Waals surface area (Å²) in [5.41, 5.74) is 8.19. The molecule has 386 valence electrons. The Labute approximate surface area is 422 Å². The molecule has 70 heavy (non-hydrogen) atoms. The number of fused-ring (bicyclic) bond motifs is 10. The van der Waals surface area contributed by atoms with Gasteiger partial charge < -0.3 is 0 Å². The van der Waals surface area contributed by atoms with Gasteiger partial charge in [-0.25, -0.2) is 18.0 Å². The van der Waals surface area contributed by atoms with Crippen LogP contribution in [0.4, 0.5) is 8.78 Å². The largest absolute Gasteiger partial charge is 0.243 e. The van der Waals surface area contributed by atoms with Crippen LogP contribution >= 0.6 is 0 Å². The molecule has 2 heterocycles. The van der Waals surface area contributed by atoms with E-state index >= 15 is 8.78 Å². The van der Waals surface area contributed by atoms with E-state index in [0.29, 0.717) is 55.4 Å². The summed E-state index contributed by atoms with van der Waals surface area (Å²) < 4.78 is 50.0. The van der Waals surface area contributed by atoms with E-state index in [-0.39, 0.29) is 11.6 Å². The molecule has 0 saturated heterocycles. The molecule has 0 atom stereocenters. The summed E-state index contributed by atoms with van der Waals surface area (Å²) in [6.45, 7) is 13.2. The number of aromatic nitrogens is 4. The van der Waals surface area contributed by atoms with Crippen LogP contribution in [0.3, 0.4) is 0 Å². The van der Waals surface area contributed by atoms with Crippen molar-refractivity contribution in [2.45, 2.75) is 284 Å². The molecule has 0 radical (unpaired) electrons. The van der Waals surface area contributed by atoms with Gasteiger partial charge in [-0.3, -0.25) is 0 Å². The molecule has 0 bridgehead atoms. The quantitative estimate of drug-likeness (QED) is 0.0372. The van der Waals surface area contributed by atoms with Crippen molar-refractivity contribution < 1.29 is 18.0 Å². The second-order valence-electron chi connectivity index (χ2n) is 22.3. The lowest BCUT2D eigenvalue weighted by Gasteiger charge is -2.35. The van der Waals surface area contributed by atoms with Crippen molar-refractivity contribution in [1.29, 1.82) is 0 Å². The Morgan fingerprint density at radius 3 is 0.857 bits per heavy atom. The molecule has 2 aliphatic carbocycles. The first-order valence-corrected chi connectivity index (χ1v) is 29.4. The van der Waals surface area contributed by atoms with Crippen molar-refractivity contribution in [3.63, 3.8) is 0 Å². The van der Waals surface area contributed by atoms with Crippen LogP contribution in [0.2, 0.25) is 0 Å². The summed E-state index contributed by atoms with van der Waals surface area (Å²) in [5, 5.41) is 18.0. The Kier molecular flexibility index (Phi) is 20.8. The number of rotatable bonds is 36. The maximum atomic E-state index is 19.5. The summed E-state index contributed by atoms with van der Waals surface area (Å²) in [6.07, 6.45) is 40.9. The number of benzene rings is 3. The summed E-state index contributed by atoms with van der Waals surface area (Å²) in [5.74, 6) is -0.542. The molecule has 0 spiro atoms. The highest BCUT2D eigenvalue weighted by atomic mass is 19.1. The molecule has 0 unspecified atom stereocenters. The zero-order valence-electron chi connectivity index (χ0n) is 45.0. The maximum Gasteiger partial charge on any atom is 0.143 e. The van der Waals surface area contributed by atoms with Crippen LogP contribution in [0.15, 0.2) is 21.4 Å². The highest BCUT2D eigenvalue weighted by molar-refractivity contribution is 6.05. The predicted octanol–water partition coefficient (Wildman–Crippen LogP) is 20.3. The Morgan fingerprint density at radius 2 is 0.586 bits per heavy atom. The van der Waals surface area contributed by atoms with E-state index in [1.54, 1.807) is 0 Å². The van der Waals surface area contributed by atoms with Crippen LogP contribution in [-0.2, 0) is 10.8 Å². The van der Waals surface area contributed by atoms with E-state index in [1.807, 2.05) is 0 Å². The lowest BCUT2D eigenvalue weighted by Crippen LogP contribution is -2.29. The van der Waals surface area contributed by atoms with E-state index < -0.39 is 10.8 Å². The first-order valence-electron chi connectivity index (χ1n) is 29.4. The van der Waals surface area contributed by atoms with E-state index in [4.69, 9.17) is 9.26 Å². The second-order valence-corrected chi connectivity index (χ2v) is 22.3. The van der Waals surface area contributed by atoms with Gasteiger partial charge in [0.25, 0.3) is 0 Å². The van der Waals surface area contributed by atoms with Gasteiger partial charge in [-0.1, -0.05) is 245 Å². The first-order chi connectivity index (χ1) is 34.3. The van der Waals surface area contributed by atoms with E-state index in [1.165, 1.54) is 128 Å². The van der Waals surface area contributed by atoms with Gasteiger partial charge in [0.15, 0.2) is 0 Å². The molecule has 5 aromatic rings. The number of aryl methyl sites for hydroxylation is 2. The molecule has 0 fully saturated rings. The van der Waals surface area contributed by atoms with Crippen LogP contribution < -0.4 is 0 Å². The van der Waals surface area contributed by atoms with Gasteiger partial charge in [-0.05, 0) is 82.4 Å². The van der Waals surface area contributed by atoms with Crippen LogP contribution in [0.1, 0.15) is 292 Å². The van der Waals surface area contributed by atoms with E-state index in [0.717, 1.165) is 125 Å². The molecular formula is C62H92F2N4O2. The van der Waals surface area contributed by atoms with Crippen LogP contribution in [-0.4, -0.2) is 20.6 Å². The average molecular weight is 963 g/mol. The molecule has 0 saturated carbocycles. The molecule has 3 aromatic carbocycles. The Bertz CT molecular complexity index is 2190. The molecule has 0 N–H and O–H groups in total. The minimum Gasteiger partial charge on any atom is -0.243 e. The molecule has 0 aliphatic heterocycles. The van der Waals surface area contributed by atoms with Crippen molar-refractivity contribution in [3.8, 4) is 22.3 Å². The SMILES string of the molecule is CCCCCCCCCCC1(CCCCCCCCCC)c2cc(C)c3nonc3c2-c2c(F)c3c(c(F)c21)-c1c(cc(C)c2nonc12)C3(CCCCCCCCCC)CCCCCCCCCC. The van der Waals surface area contributed by atoms with Crippen molar-refractivity contribution >= 4 is 22.1 Å². The molecule has 7 rings (SSSR count). The third kappa shape index (κ3) is 11.7. The third-order valence-electron chi connectivity index (χ3n) is 17.2. The van der Waals surface area contributed by atoms with Gasteiger partial charge in [0.1, 0.15) is 33.7 Å². The van der Waals surface area contributed by atoms with Crippen LogP contribution in [0, 0.1) is 25.5 Å². The molecule has 2 aromatic heterocycles. The van der Waals surface area contributed by atoms with Gasteiger partial charge in [0.05, 0.1) is 0 Å². The summed E-state index contributed by atoms with van der Waals surface area (Å²) in [6, 6.07) is 4.43. The van der Waals surface area contributed by atoms with Gasteiger partial charge in [0, 0.05) is 44.2 Å². The van der Waals surface area contributed by atoms with Crippen LogP contribution in [0.5, 0.6) is 0 Å². The van der Waals surface area contributed by atoms with Crippen molar-refractivity contribution in [2.24, 2.45) is 0 Å². The normalized spacial score (nSPS) is 14.3. The summed E-state index contributed by atoms with van der Waals surface area (Å²) in [4.78, 5) is 0. The Balaban J connectivity index is 1.38. The highest BCUT2D eigenvalue weighted by Gasteiger charge is 2.54. The van der Waals surface area contributed by atoms with E-state index in [2.05, 4.69) is 74.3 Å². The van der Waals surface area contributed by atoms with Crippen molar-refractivity contribution in [1.82, 2.24) is 20.6 Å². The third-order valence-corrected chi connectivity index (χ3v) is 17.2. The van der Waals surface area contributed by atoms with Crippen molar-refractivity contribution in [3.05, 3.63) is 57.1 Å². The van der Waals surface area contributed by atoms with Crippen LogP contribution in [0.25, 0.3) is 44.3 Å². The number of unbranched alkanes of at least 4 members (excludes halogenated alkanes) is 28. The smallest absolute Gasteiger partial charge is 0.143 e. The fourth-order valence-corrected chi connectivity index (χ4v) is 13.3. The van der Waals surface area contributed by atoms with Gasteiger partial charge in [-0.15, -0.1) is 0 Å². The maximum absolute atomic E-state index is 19.5. The summed E-state index contributed by atoms with van der Waals surface area (Å²) in [7, 11) is 0. The lowest BCUT2D eigenvalue weighted by molar-refractivity contribution is 0.315. The zero-order valence-corrected chi connectivity index (χ0v) is 45.0. The molecule has 2 aliphatic rings. The number of halogens is 2. The monoisotopic (exact) mass is 963 g/mol. The lowest BCUT2D eigenvalue weighted by atomic mass is 9.68. The van der Waals surface area contributed by atoms with Gasteiger partial charge >= 0.3 is 0 Å². The fraction of sp³-hybridized carbons (Fsp3) is 0.710. The van der Waals surface area contributed by atoms with Gasteiger partial charge in [0.2, 0.25) is 0 Å². The number of hydrogen-bond donors (Lipinski definition) is 0. The fourth-order valence-electron chi connectivity index (χ4n) is 13.3. The predicted molar refractivity (Wildman–Crippen MR) is 288 cm³/mol. The molecule has 8 heteroatoms. The van der Waals surface area contributed by atoms with Crippen molar-refractivity contribution in [2.75, 3.05) is 0 Å². The summed E-state index contributed by atoms with van der Waals surface area (Å²) >= 11 is 0. The van der Waals surface area contributed by atoms with E-state index in [9.17, 15) is 0 Å². The standard InChI is InChI=1S/C62H92F2N4O2/c1-7-11-15-19-23-27-31-35-39-61(40-36-32-28-24-20-16-12-8-2)47-43-45(5)57-59(67-69-65-57)49(47)51-53(61)55(63)52-50-48(44-46(6)58-60(50)68-70-66-58)62(54(52)56(51)64,41-37-33-29-25-21-17-13-9-3)42-38-34-30-26-22-18-14-10-4/h43-44H,7-42H2,1-6H3. The molecule has 0 amide bonds.